The van der Waals surface area contributed by atoms with Crippen LogP contribution in [0.1, 0.15) is 13.3 Å². The molecule has 0 saturated carbocycles. The largest absolute Gasteiger partial charge is 0.451 e. The third-order valence-corrected chi connectivity index (χ3v) is 2.17. The Morgan fingerprint density at radius 2 is 2.64 bits per heavy atom. The number of cyclic esters (lactones) is 1. The van der Waals surface area contributed by atoms with Gasteiger partial charge in [0.05, 0.1) is 6.61 Å². The van der Waals surface area contributed by atoms with Crippen molar-refractivity contribution in [2.24, 2.45) is 0 Å². The lowest BCUT2D eigenvalue weighted by Gasteiger charge is -2.07. The van der Waals surface area contributed by atoms with Crippen molar-refractivity contribution < 1.29 is 14.3 Å². The summed E-state index contributed by atoms with van der Waals surface area (Å²) in [6.45, 7) is 3.35. The van der Waals surface area contributed by atoms with E-state index in [1.54, 1.807) is 0 Å². The van der Waals surface area contributed by atoms with Gasteiger partial charge in [0.1, 0.15) is 6.10 Å². The number of thioether (sulfide) groups is 1. The van der Waals surface area contributed by atoms with E-state index >= 15 is 0 Å². The molecule has 64 valence electrons. The van der Waals surface area contributed by atoms with Gasteiger partial charge in [-0.05, 0) is 18.2 Å². The highest BCUT2D eigenvalue weighted by Gasteiger charge is 2.23. The topological polar surface area (TPSA) is 35.5 Å². The zero-order chi connectivity index (χ0) is 8.10. The van der Waals surface area contributed by atoms with Gasteiger partial charge in [-0.25, -0.2) is 4.79 Å². The van der Waals surface area contributed by atoms with Gasteiger partial charge in [0.25, 0.3) is 0 Å². The third kappa shape index (κ3) is 3.12. The second-order valence-corrected chi connectivity index (χ2v) is 3.33. The number of rotatable bonds is 4. The Morgan fingerprint density at radius 3 is 3.18 bits per heavy atom. The van der Waals surface area contributed by atoms with E-state index in [0.717, 1.165) is 18.8 Å². The molecule has 1 saturated heterocycles. The standard InChI is InChI=1S/C7H12O3S/c1-2-3-9-4-6-5-11-7(8)10-6/h6H,2-5H2,1H3. The molecule has 0 N–H and O–H groups in total. The maximum Gasteiger partial charge on any atom is 0.367 e. The van der Waals surface area contributed by atoms with Gasteiger partial charge in [0.2, 0.25) is 0 Å². The predicted molar refractivity (Wildman–Crippen MR) is 43.8 cm³/mol. The van der Waals surface area contributed by atoms with Gasteiger partial charge < -0.3 is 9.47 Å². The van der Waals surface area contributed by atoms with E-state index in [9.17, 15) is 4.79 Å². The first-order valence-electron chi connectivity index (χ1n) is 3.74. The van der Waals surface area contributed by atoms with Crippen LogP contribution in [0.2, 0.25) is 0 Å². The van der Waals surface area contributed by atoms with E-state index in [0.29, 0.717) is 6.61 Å². The highest BCUT2D eigenvalue weighted by atomic mass is 32.2. The van der Waals surface area contributed by atoms with Crippen molar-refractivity contribution in [3.63, 3.8) is 0 Å². The van der Waals surface area contributed by atoms with Crippen LogP contribution in [-0.2, 0) is 9.47 Å². The highest BCUT2D eigenvalue weighted by molar-refractivity contribution is 8.13. The van der Waals surface area contributed by atoms with Crippen molar-refractivity contribution in [2.45, 2.75) is 19.4 Å². The lowest BCUT2D eigenvalue weighted by Crippen LogP contribution is -2.17. The van der Waals surface area contributed by atoms with Gasteiger partial charge in [0, 0.05) is 12.4 Å². The van der Waals surface area contributed by atoms with Crippen molar-refractivity contribution in [1.29, 1.82) is 0 Å². The van der Waals surface area contributed by atoms with E-state index in [-0.39, 0.29) is 11.4 Å². The summed E-state index contributed by atoms with van der Waals surface area (Å²) >= 11 is 1.22. The normalized spacial score (nSPS) is 23.7. The summed E-state index contributed by atoms with van der Waals surface area (Å²) in [4.78, 5) is 10.6. The van der Waals surface area contributed by atoms with Crippen LogP contribution in [0.25, 0.3) is 0 Å². The lowest BCUT2D eigenvalue weighted by molar-refractivity contribution is 0.0463. The zero-order valence-corrected chi connectivity index (χ0v) is 7.36. The second-order valence-electron chi connectivity index (χ2n) is 2.38. The molecule has 0 aromatic heterocycles. The molecule has 1 rings (SSSR count). The fourth-order valence-corrected chi connectivity index (χ4v) is 1.50. The maximum absolute atomic E-state index is 10.6. The smallest absolute Gasteiger partial charge is 0.367 e. The summed E-state index contributed by atoms with van der Waals surface area (Å²) in [5.74, 6) is 0.739. The van der Waals surface area contributed by atoms with Crippen LogP contribution < -0.4 is 0 Å². The van der Waals surface area contributed by atoms with Crippen molar-refractivity contribution >= 4 is 17.1 Å². The number of carbonyl (C=O) groups is 1. The number of carbonyl (C=O) groups excluding carboxylic acids is 1. The van der Waals surface area contributed by atoms with Gasteiger partial charge in [-0.15, -0.1) is 0 Å². The molecule has 0 bridgehead atoms. The molecular formula is C7H12O3S. The molecule has 1 atom stereocenters. The molecule has 1 aliphatic heterocycles. The van der Waals surface area contributed by atoms with E-state index in [2.05, 4.69) is 6.92 Å². The third-order valence-electron chi connectivity index (χ3n) is 1.30. The molecule has 0 aromatic rings. The fourth-order valence-electron chi connectivity index (χ4n) is 0.806. The number of hydrogen-bond donors (Lipinski definition) is 0. The molecule has 11 heavy (non-hydrogen) atoms. The Balaban J connectivity index is 2.04. The summed E-state index contributed by atoms with van der Waals surface area (Å²) in [6, 6.07) is 0. The minimum absolute atomic E-state index is 0.0148. The first-order chi connectivity index (χ1) is 5.33. The summed E-state index contributed by atoms with van der Waals surface area (Å²) in [7, 11) is 0. The molecule has 1 aliphatic rings. The SMILES string of the molecule is CCCOCC1CSC(=O)O1. The monoisotopic (exact) mass is 176 g/mol. The predicted octanol–water partition coefficient (Wildman–Crippen LogP) is 1.67. The molecule has 1 heterocycles. The van der Waals surface area contributed by atoms with Gasteiger partial charge in [0.15, 0.2) is 0 Å². The Labute approximate surface area is 70.4 Å². The highest BCUT2D eigenvalue weighted by Crippen LogP contribution is 2.19. The summed E-state index contributed by atoms with van der Waals surface area (Å²) in [5, 5.41) is -0.171. The first kappa shape index (κ1) is 8.87. The van der Waals surface area contributed by atoms with Crippen molar-refractivity contribution in [1.82, 2.24) is 0 Å². The van der Waals surface area contributed by atoms with Gasteiger partial charge in [-0.2, -0.15) is 0 Å². The Bertz CT molecular complexity index is 138. The van der Waals surface area contributed by atoms with Crippen LogP contribution in [0.4, 0.5) is 4.79 Å². The molecule has 1 fully saturated rings. The fraction of sp³-hybridized carbons (Fsp3) is 0.857. The van der Waals surface area contributed by atoms with Crippen LogP contribution >= 0.6 is 11.8 Å². The van der Waals surface area contributed by atoms with E-state index in [4.69, 9.17) is 9.47 Å². The first-order valence-corrected chi connectivity index (χ1v) is 4.72. The van der Waals surface area contributed by atoms with Crippen LogP contribution in [0.15, 0.2) is 0 Å². The molecule has 0 spiro atoms. The molecule has 4 heteroatoms. The molecule has 3 nitrogen and oxygen atoms in total. The van der Waals surface area contributed by atoms with Crippen LogP contribution in [0.5, 0.6) is 0 Å². The van der Waals surface area contributed by atoms with Gasteiger partial charge >= 0.3 is 5.30 Å². The van der Waals surface area contributed by atoms with Gasteiger partial charge in [-0.3, -0.25) is 0 Å². The van der Waals surface area contributed by atoms with E-state index in [1.165, 1.54) is 11.8 Å². The minimum Gasteiger partial charge on any atom is -0.451 e. The van der Waals surface area contributed by atoms with Crippen molar-refractivity contribution in [3.8, 4) is 0 Å². The van der Waals surface area contributed by atoms with Crippen molar-refractivity contribution in [2.75, 3.05) is 19.0 Å². The Kier molecular flexibility index (Phi) is 3.72. The van der Waals surface area contributed by atoms with Crippen LogP contribution in [0, 0.1) is 0 Å². The summed E-state index contributed by atoms with van der Waals surface area (Å²) < 4.78 is 10.1. The Hall–Kier alpha value is -0.220. The molecule has 1 unspecified atom stereocenters. The Morgan fingerprint density at radius 1 is 1.82 bits per heavy atom. The van der Waals surface area contributed by atoms with Crippen molar-refractivity contribution in [3.05, 3.63) is 0 Å². The lowest BCUT2D eigenvalue weighted by atomic mass is 10.4. The maximum atomic E-state index is 10.6. The average molecular weight is 176 g/mol. The van der Waals surface area contributed by atoms with Crippen LogP contribution in [0.3, 0.4) is 0 Å². The second kappa shape index (κ2) is 4.62. The molecule has 0 amide bonds. The molecule has 0 aromatic carbocycles. The van der Waals surface area contributed by atoms with E-state index < -0.39 is 0 Å². The quantitative estimate of drug-likeness (QED) is 0.482. The average Bonchev–Trinajstić information content (AvgIpc) is 2.37. The van der Waals surface area contributed by atoms with Gasteiger partial charge in [-0.1, -0.05) is 6.92 Å². The summed E-state index contributed by atoms with van der Waals surface area (Å²) in [5.41, 5.74) is 0. The van der Waals surface area contributed by atoms with E-state index in [1.807, 2.05) is 0 Å². The molecule has 0 radical (unpaired) electrons. The summed E-state index contributed by atoms with van der Waals surface area (Å²) in [6.07, 6.45) is 0.993. The number of ether oxygens (including phenoxy) is 2. The minimum atomic E-state index is -0.171. The number of hydrogen-bond acceptors (Lipinski definition) is 4. The molecular weight excluding hydrogens is 164 g/mol. The zero-order valence-electron chi connectivity index (χ0n) is 6.54. The molecule has 0 aliphatic carbocycles. The van der Waals surface area contributed by atoms with Crippen LogP contribution in [-0.4, -0.2) is 30.4 Å².